The van der Waals surface area contributed by atoms with E-state index in [0.29, 0.717) is 6.04 Å². The molecule has 1 fully saturated rings. The van der Waals surface area contributed by atoms with Gasteiger partial charge in [-0.1, -0.05) is 0 Å². The van der Waals surface area contributed by atoms with Crippen molar-refractivity contribution in [2.75, 3.05) is 26.7 Å². The topological polar surface area (TPSA) is 15.3 Å². The number of nitrogens with zero attached hydrogens (tertiary/aromatic N) is 1. The first kappa shape index (κ1) is 8.58. The normalized spacial score (nSPS) is 23.9. The van der Waals surface area contributed by atoms with Crippen molar-refractivity contribution in [3.8, 4) is 12.3 Å². The summed E-state index contributed by atoms with van der Waals surface area (Å²) >= 11 is 0. The quantitative estimate of drug-likeness (QED) is 0.585. The molecule has 0 spiro atoms. The maximum Gasteiger partial charge on any atom is 0.0230 e. The molecule has 1 N–H and O–H groups in total. The van der Waals surface area contributed by atoms with E-state index in [2.05, 4.69) is 23.2 Å². The fourth-order valence-electron chi connectivity index (χ4n) is 1.44. The standard InChI is InChI=1S/C9H16N2/c1-3-4-7-11(2)9-5-6-10-8-9/h1,9-10H,4-8H2,2H3. The molecular weight excluding hydrogens is 136 g/mol. The lowest BCUT2D eigenvalue weighted by atomic mass is 10.2. The molecule has 0 saturated carbocycles. The van der Waals surface area contributed by atoms with Gasteiger partial charge in [-0.2, -0.15) is 0 Å². The van der Waals surface area contributed by atoms with Crippen LogP contribution < -0.4 is 5.32 Å². The Morgan fingerprint density at radius 2 is 2.55 bits per heavy atom. The van der Waals surface area contributed by atoms with Crippen LogP contribution >= 0.6 is 0 Å². The minimum Gasteiger partial charge on any atom is -0.315 e. The largest absolute Gasteiger partial charge is 0.315 e. The van der Waals surface area contributed by atoms with Gasteiger partial charge < -0.3 is 10.2 Å². The van der Waals surface area contributed by atoms with Gasteiger partial charge in [-0.3, -0.25) is 0 Å². The highest BCUT2D eigenvalue weighted by Gasteiger charge is 2.17. The Morgan fingerprint density at radius 3 is 3.09 bits per heavy atom. The molecule has 1 aliphatic rings. The van der Waals surface area contributed by atoms with Gasteiger partial charge in [-0.05, 0) is 20.0 Å². The SMILES string of the molecule is C#CCCN(C)C1CCNC1. The zero-order valence-electron chi connectivity index (χ0n) is 7.14. The number of nitrogens with one attached hydrogen (secondary N) is 1. The van der Waals surface area contributed by atoms with E-state index >= 15 is 0 Å². The highest BCUT2D eigenvalue weighted by atomic mass is 15.2. The molecule has 0 aliphatic carbocycles. The van der Waals surface area contributed by atoms with Gasteiger partial charge in [0.2, 0.25) is 0 Å². The molecule has 1 rings (SSSR count). The molecule has 11 heavy (non-hydrogen) atoms. The Kier molecular flexibility index (Phi) is 3.41. The summed E-state index contributed by atoms with van der Waals surface area (Å²) in [4.78, 5) is 2.35. The molecule has 0 bridgehead atoms. The molecule has 1 aliphatic heterocycles. The van der Waals surface area contributed by atoms with Crippen molar-refractivity contribution in [2.45, 2.75) is 18.9 Å². The van der Waals surface area contributed by atoms with E-state index in [1.807, 2.05) is 0 Å². The molecule has 2 nitrogen and oxygen atoms in total. The van der Waals surface area contributed by atoms with Crippen LogP contribution in [0.15, 0.2) is 0 Å². The van der Waals surface area contributed by atoms with E-state index in [9.17, 15) is 0 Å². The molecule has 0 amide bonds. The van der Waals surface area contributed by atoms with Crippen molar-refractivity contribution >= 4 is 0 Å². The van der Waals surface area contributed by atoms with Gasteiger partial charge in [-0.15, -0.1) is 12.3 Å². The second kappa shape index (κ2) is 4.38. The van der Waals surface area contributed by atoms with Crippen LogP contribution in [0.1, 0.15) is 12.8 Å². The lowest BCUT2D eigenvalue weighted by Gasteiger charge is -2.21. The molecule has 0 aromatic carbocycles. The molecule has 2 heteroatoms. The molecule has 1 unspecified atom stereocenters. The highest BCUT2D eigenvalue weighted by molar-refractivity contribution is 4.86. The van der Waals surface area contributed by atoms with Crippen LogP contribution in [0.3, 0.4) is 0 Å². The van der Waals surface area contributed by atoms with Crippen LogP contribution in [-0.4, -0.2) is 37.6 Å². The third-order valence-electron chi connectivity index (χ3n) is 2.27. The first-order valence-corrected chi connectivity index (χ1v) is 4.19. The van der Waals surface area contributed by atoms with Gasteiger partial charge >= 0.3 is 0 Å². The van der Waals surface area contributed by atoms with Crippen molar-refractivity contribution in [1.82, 2.24) is 10.2 Å². The van der Waals surface area contributed by atoms with Crippen molar-refractivity contribution < 1.29 is 0 Å². The van der Waals surface area contributed by atoms with Crippen LogP contribution in [0.2, 0.25) is 0 Å². The van der Waals surface area contributed by atoms with Gasteiger partial charge in [-0.25, -0.2) is 0 Å². The van der Waals surface area contributed by atoms with Crippen molar-refractivity contribution in [3.63, 3.8) is 0 Å². The number of rotatable bonds is 3. The van der Waals surface area contributed by atoms with E-state index in [1.165, 1.54) is 6.42 Å². The summed E-state index contributed by atoms with van der Waals surface area (Å²) in [5.41, 5.74) is 0. The van der Waals surface area contributed by atoms with Gasteiger partial charge in [0.25, 0.3) is 0 Å². The second-order valence-electron chi connectivity index (χ2n) is 3.08. The highest BCUT2D eigenvalue weighted by Crippen LogP contribution is 2.05. The lowest BCUT2D eigenvalue weighted by molar-refractivity contribution is 0.263. The van der Waals surface area contributed by atoms with E-state index in [1.54, 1.807) is 0 Å². The fraction of sp³-hybridized carbons (Fsp3) is 0.778. The summed E-state index contributed by atoms with van der Waals surface area (Å²) in [7, 11) is 2.15. The first-order valence-electron chi connectivity index (χ1n) is 4.19. The maximum atomic E-state index is 5.18. The van der Waals surface area contributed by atoms with Crippen molar-refractivity contribution in [2.24, 2.45) is 0 Å². The smallest absolute Gasteiger partial charge is 0.0230 e. The maximum absolute atomic E-state index is 5.18. The molecule has 62 valence electrons. The Hall–Kier alpha value is -0.520. The molecule has 0 aromatic heterocycles. The second-order valence-corrected chi connectivity index (χ2v) is 3.08. The van der Waals surface area contributed by atoms with Crippen molar-refractivity contribution in [3.05, 3.63) is 0 Å². The zero-order valence-corrected chi connectivity index (χ0v) is 7.14. The Bertz CT molecular complexity index is 142. The fourth-order valence-corrected chi connectivity index (χ4v) is 1.44. The predicted molar refractivity (Wildman–Crippen MR) is 47.4 cm³/mol. The summed E-state index contributed by atoms with van der Waals surface area (Å²) in [6, 6.07) is 0.711. The van der Waals surface area contributed by atoms with Crippen LogP contribution in [-0.2, 0) is 0 Å². The van der Waals surface area contributed by atoms with Gasteiger partial charge in [0.1, 0.15) is 0 Å². The number of terminal acetylenes is 1. The number of hydrogen-bond acceptors (Lipinski definition) is 2. The van der Waals surface area contributed by atoms with Crippen LogP contribution in [0.25, 0.3) is 0 Å². The molecular formula is C9H16N2. The summed E-state index contributed by atoms with van der Waals surface area (Å²) in [6.45, 7) is 3.31. The summed E-state index contributed by atoms with van der Waals surface area (Å²) in [5, 5.41) is 3.34. The Balaban J connectivity index is 2.18. The third-order valence-corrected chi connectivity index (χ3v) is 2.27. The third kappa shape index (κ3) is 2.53. The first-order chi connectivity index (χ1) is 5.34. The van der Waals surface area contributed by atoms with Gasteiger partial charge in [0, 0.05) is 25.6 Å². The number of hydrogen-bond donors (Lipinski definition) is 1. The van der Waals surface area contributed by atoms with Crippen LogP contribution in [0.5, 0.6) is 0 Å². The van der Waals surface area contributed by atoms with Crippen molar-refractivity contribution in [1.29, 1.82) is 0 Å². The summed E-state index contributed by atoms with van der Waals surface area (Å²) in [5.74, 6) is 2.66. The van der Waals surface area contributed by atoms with E-state index < -0.39 is 0 Å². The molecule has 0 radical (unpaired) electrons. The summed E-state index contributed by atoms with van der Waals surface area (Å²) in [6.07, 6.45) is 7.32. The average Bonchev–Trinajstić information content (AvgIpc) is 2.52. The van der Waals surface area contributed by atoms with E-state index in [0.717, 1.165) is 26.1 Å². The monoisotopic (exact) mass is 152 g/mol. The molecule has 1 saturated heterocycles. The Labute approximate surface area is 69.0 Å². The summed E-state index contributed by atoms with van der Waals surface area (Å²) < 4.78 is 0. The molecule has 1 atom stereocenters. The minimum absolute atomic E-state index is 0.711. The molecule has 1 heterocycles. The molecule has 0 aromatic rings. The lowest BCUT2D eigenvalue weighted by Crippen LogP contribution is -2.33. The predicted octanol–water partition coefficient (Wildman–Crippen LogP) is 0.303. The average molecular weight is 152 g/mol. The van der Waals surface area contributed by atoms with E-state index in [4.69, 9.17) is 6.42 Å². The van der Waals surface area contributed by atoms with Crippen LogP contribution in [0, 0.1) is 12.3 Å². The van der Waals surface area contributed by atoms with Gasteiger partial charge in [0.15, 0.2) is 0 Å². The van der Waals surface area contributed by atoms with Crippen LogP contribution in [0.4, 0.5) is 0 Å². The zero-order chi connectivity index (χ0) is 8.10. The number of likely N-dealkylation sites (N-methyl/N-ethyl adjacent to an activating group) is 1. The minimum atomic E-state index is 0.711. The van der Waals surface area contributed by atoms with E-state index in [-0.39, 0.29) is 0 Å². The Morgan fingerprint density at radius 1 is 1.73 bits per heavy atom. The van der Waals surface area contributed by atoms with Gasteiger partial charge in [0.05, 0.1) is 0 Å².